The molecule has 0 unspecified atom stereocenters. The summed E-state index contributed by atoms with van der Waals surface area (Å²) in [5, 5.41) is 0. The molecule has 0 spiro atoms. The van der Waals surface area contributed by atoms with Gasteiger partial charge in [0.2, 0.25) is 0 Å². The van der Waals surface area contributed by atoms with Crippen LogP contribution in [0.4, 0.5) is 0 Å². The minimum absolute atomic E-state index is 0. The largest absolute Gasteiger partial charge is 0.544 e. The minimum atomic E-state index is -0.222. The summed E-state index contributed by atoms with van der Waals surface area (Å²) in [7, 11) is 0. The molecule has 0 saturated carbocycles. The first kappa shape index (κ1) is 15.8. The van der Waals surface area contributed by atoms with Crippen molar-refractivity contribution in [1.29, 1.82) is 0 Å². The van der Waals surface area contributed by atoms with Gasteiger partial charge in [-0.15, -0.1) is 0 Å². The van der Waals surface area contributed by atoms with Crippen LogP contribution in [0.1, 0.15) is 6.42 Å². The van der Waals surface area contributed by atoms with Crippen molar-refractivity contribution in [2.24, 2.45) is 0 Å². The first-order chi connectivity index (χ1) is 2.41. The summed E-state index contributed by atoms with van der Waals surface area (Å²) in [6.45, 7) is 0. The Kier molecular flexibility index (Phi) is 35.3. The van der Waals surface area contributed by atoms with Crippen molar-refractivity contribution in [2.45, 2.75) is 6.42 Å². The first-order valence-electron chi connectivity index (χ1n) is 1.12. The van der Waals surface area contributed by atoms with Gasteiger partial charge in [0.1, 0.15) is 0 Å². The van der Waals surface area contributed by atoms with E-state index in [1.165, 1.54) is 12.6 Å². The molecule has 0 aliphatic heterocycles. The van der Waals surface area contributed by atoms with E-state index in [0.29, 0.717) is 0 Å². The summed E-state index contributed by atoms with van der Waals surface area (Å²) in [5.41, 5.74) is 0. The van der Waals surface area contributed by atoms with Crippen LogP contribution in [0.15, 0.2) is 0 Å². The van der Waals surface area contributed by atoms with E-state index < -0.39 is 0 Å². The third kappa shape index (κ3) is 18.6. The fourth-order valence-corrected chi connectivity index (χ4v) is 0.0295. The van der Waals surface area contributed by atoms with Crippen LogP contribution >= 0.6 is 0 Å². The predicted molar refractivity (Wildman–Crippen MR) is 16.0 cm³/mol. The fraction of sp³-hybridized carbons (Fsp3) is 0.333. The zero-order valence-electron chi connectivity index (χ0n) is 3.52. The second-order valence-electron chi connectivity index (χ2n) is 0.465. The van der Waals surface area contributed by atoms with Crippen LogP contribution in [0.5, 0.6) is 0 Å². The van der Waals surface area contributed by atoms with E-state index in [9.17, 15) is 0 Å². The van der Waals surface area contributed by atoms with Gasteiger partial charge in [-0.1, -0.05) is 0 Å². The molecule has 0 atom stereocenters. The van der Waals surface area contributed by atoms with Gasteiger partial charge in [0.05, 0.1) is 0 Å². The Morgan fingerprint density at radius 3 is 1.29 bits per heavy atom. The molecule has 0 heterocycles. The van der Waals surface area contributed by atoms with Gasteiger partial charge in [-0.3, -0.25) is 19.0 Å². The molecule has 0 radical (unpaired) electrons. The number of carbonyl (C=O) groups excluding carboxylic acids is 2. The van der Waals surface area contributed by atoms with E-state index in [1.54, 1.807) is 0 Å². The van der Waals surface area contributed by atoms with Crippen LogP contribution < -0.4 is 0 Å². The third-order valence-corrected chi connectivity index (χ3v) is 0.144. The summed E-state index contributed by atoms with van der Waals surface area (Å²) in [6.07, 6.45) is 2.47. The van der Waals surface area contributed by atoms with Gasteiger partial charge in [0.25, 0.3) is 0 Å². The van der Waals surface area contributed by atoms with Crippen LogP contribution in [0.3, 0.4) is 0 Å². The topological polar surface area (TPSA) is 34.1 Å². The summed E-state index contributed by atoms with van der Waals surface area (Å²) in [5.74, 6) is 0. The second kappa shape index (κ2) is 15.7. The zero-order chi connectivity index (χ0) is 4.12. The van der Waals surface area contributed by atoms with Gasteiger partial charge >= 0.3 is 0 Å². The van der Waals surface area contributed by atoms with E-state index in [0.717, 1.165) is 0 Å². The molecule has 0 fully saturated rings. The van der Waals surface area contributed by atoms with Crippen molar-refractivity contribution in [2.75, 3.05) is 0 Å². The maximum atomic E-state index is 9.02. The Bertz CT molecular complexity index is 40.2. The molecule has 0 amide bonds. The average molecular weight is 546 g/mol. The number of hydrogen-bond donors (Lipinski definition) is 0. The zero-order valence-corrected chi connectivity index (χ0v) is 11.9. The summed E-state index contributed by atoms with van der Waals surface area (Å²) in [6, 6.07) is 0. The molecule has 0 aliphatic carbocycles. The maximum absolute atomic E-state index is 9.02. The molecule has 7 heavy (non-hydrogen) atoms. The number of hydrogen-bond acceptors (Lipinski definition) is 2. The molecule has 0 rings (SSSR count). The van der Waals surface area contributed by atoms with Gasteiger partial charge < -0.3 is 9.59 Å². The van der Waals surface area contributed by atoms with Gasteiger partial charge in [0.15, 0.2) is 0 Å². The van der Waals surface area contributed by atoms with E-state index in [2.05, 4.69) is 0 Å². The Labute approximate surface area is 89.6 Å². The average Bonchev–Trinajstić information content (AvgIpc) is 1.41. The SMILES string of the molecule is O=[C-]C[C-]=O.[U].[U]. The molecule has 36 valence electrons. The summed E-state index contributed by atoms with van der Waals surface area (Å²) >= 11 is 0. The number of rotatable bonds is 2. The van der Waals surface area contributed by atoms with Gasteiger partial charge in [0, 0.05) is 62.2 Å². The molecule has 0 aromatic carbocycles. The van der Waals surface area contributed by atoms with E-state index in [4.69, 9.17) is 9.59 Å². The van der Waals surface area contributed by atoms with Crippen molar-refractivity contribution >= 4 is 12.6 Å². The Hall–Kier alpha value is 1.44. The smallest absolute Gasteiger partial charge is 0 e. The normalized spacial score (nSPS) is 4.57. The minimum Gasteiger partial charge on any atom is -0.544 e. The first-order valence-corrected chi connectivity index (χ1v) is 1.12. The maximum Gasteiger partial charge on any atom is 0 e. The van der Waals surface area contributed by atoms with Crippen LogP contribution in [-0.4, -0.2) is 12.6 Å². The molecule has 0 saturated heterocycles. The Morgan fingerprint density at radius 1 is 1.00 bits per heavy atom. The van der Waals surface area contributed by atoms with Crippen molar-refractivity contribution in [3.05, 3.63) is 0 Å². The van der Waals surface area contributed by atoms with Crippen LogP contribution in [0.2, 0.25) is 0 Å². The molecule has 0 aromatic heterocycles. The quantitative estimate of drug-likeness (QED) is 0.349. The fourth-order valence-electron chi connectivity index (χ4n) is 0.0295. The van der Waals surface area contributed by atoms with Gasteiger partial charge in [-0.2, -0.15) is 0 Å². The van der Waals surface area contributed by atoms with Crippen molar-refractivity contribution < 1.29 is 71.8 Å². The van der Waals surface area contributed by atoms with Gasteiger partial charge in [-0.25, -0.2) is 0 Å². The van der Waals surface area contributed by atoms with Crippen molar-refractivity contribution in [3.8, 4) is 0 Å². The summed E-state index contributed by atoms with van der Waals surface area (Å²) in [4.78, 5) is 18.0. The molecular formula is C3H2O2U2-2. The Morgan fingerprint density at radius 2 is 1.29 bits per heavy atom. The van der Waals surface area contributed by atoms with Gasteiger partial charge in [-0.05, 0) is 0 Å². The Balaban J connectivity index is -0.0000000800. The standard InChI is InChI=1S/C3H2O2.2U/c4-2-1-3-5;;/h1H2;;/q-2;;. The molecule has 0 aliphatic rings. The molecule has 0 aromatic rings. The molecule has 0 bridgehead atoms. The summed E-state index contributed by atoms with van der Waals surface area (Å²) < 4.78 is 0. The van der Waals surface area contributed by atoms with Crippen LogP contribution in [0.25, 0.3) is 0 Å². The van der Waals surface area contributed by atoms with Crippen LogP contribution in [0, 0.1) is 62.2 Å². The van der Waals surface area contributed by atoms with Crippen LogP contribution in [-0.2, 0) is 9.59 Å². The molecule has 4 heteroatoms. The molecular weight excluding hydrogens is 544 g/mol. The molecule has 2 nitrogen and oxygen atoms in total. The second-order valence-corrected chi connectivity index (χ2v) is 0.465. The monoisotopic (exact) mass is 546 g/mol. The third-order valence-electron chi connectivity index (χ3n) is 0.144. The predicted octanol–water partition coefficient (Wildman–Crippen LogP) is -0.404. The van der Waals surface area contributed by atoms with Crippen molar-refractivity contribution in [3.63, 3.8) is 0 Å². The van der Waals surface area contributed by atoms with Crippen molar-refractivity contribution in [1.82, 2.24) is 0 Å². The van der Waals surface area contributed by atoms with E-state index in [-0.39, 0.29) is 68.6 Å². The molecule has 0 N–H and O–H groups in total. The van der Waals surface area contributed by atoms with E-state index in [1.807, 2.05) is 0 Å². The van der Waals surface area contributed by atoms with E-state index >= 15 is 0 Å².